The van der Waals surface area contributed by atoms with E-state index >= 15 is 0 Å². The fraction of sp³-hybridized carbons (Fsp3) is 0.688. The number of aryl methyl sites for hydroxylation is 1. The maximum atomic E-state index is 13.0. The fourth-order valence-electron chi connectivity index (χ4n) is 4.03. The smallest absolute Gasteiger partial charge is 0.266 e. The molecular formula is C16H21N3O3S. The normalized spacial score (nSPS) is 29.6. The van der Waals surface area contributed by atoms with E-state index in [-0.39, 0.29) is 17.9 Å². The highest BCUT2D eigenvalue weighted by Gasteiger charge is 2.63. The monoisotopic (exact) mass is 335 g/mol. The predicted molar refractivity (Wildman–Crippen MR) is 85.4 cm³/mol. The van der Waals surface area contributed by atoms with Gasteiger partial charge in [0.05, 0.1) is 29.8 Å². The molecule has 0 aromatic carbocycles. The zero-order valence-corrected chi connectivity index (χ0v) is 14.5. The Hall–Kier alpha value is -1.47. The second kappa shape index (κ2) is 5.01. The lowest BCUT2D eigenvalue weighted by atomic mass is 10.1. The molecule has 23 heavy (non-hydrogen) atoms. The van der Waals surface area contributed by atoms with E-state index in [1.807, 2.05) is 16.7 Å². The molecule has 0 unspecified atom stereocenters. The molecule has 0 N–H and O–H groups in total. The van der Waals surface area contributed by atoms with E-state index in [2.05, 4.69) is 18.8 Å². The minimum Gasteiger partial charge on any atom is -0.351 e. The summed E-state index contributed by atoms with van der Waals surface area (Å²) in [5.74, 6) is 0.416. The molecule has 3 aliphatic heterocycles. The van der Waals surface area contributed by atoms with E-state index < -0.39 is 5.72 Å². The van der Waals surface area contributed by atoms with Crippen molar-refractivity contribution in [3.05, 3.63) is 15.6 Å². The van der Waals surface area contributed by atoms with Crippen molar-refractivity contribution < 1.29 is 14.3 Å². The maximum Gasteiger partial charge on any atom is 0.266 e. The van der Waals surface area contributed by atoms with Crippen molar-refractivity contribution in [3.8, 4) is 0 Å². The van der Waals surface area contributed by atoms with Crippen LogP contribution in [0.4, 0.5) is 0 Å². The van der Waals surface area contributed by atoms with Gasteiger partial charge in [-0.25, -0.2) is 4.98 Å². The second-order valence-electron chi connectivity index (χ2n) is 6.83. The molecule has 0 aliphatic carbocycles. The first-order valence-corrected chi connectivity index (χ1v) is 8.98. The van der Waals surface area contributed by atoms with E-state index in [0.29, 0.717) is 43.3 Å². The average molecular weight is 335 g/mol. The number of rotatable bonds is 2. The number of carbonyl (C=O) groups excluding carboxylic acids is 2. The standard InChI is InChI=1S/C16H21N3O3S/c1-9(2)14-17-10(3)13(23-14)15(21)18-5-4-16-11(18)8-12(20)19(16)6-7-22-16/h9,11H,4-8H2,1-3H3/t11-,16+/m1/s1. The lowest BCUT2D eigenvalue weighted by Gasteiger charge is -2.31. The quantitative estimate of drug-likeness (QED) is 0.826. The molecule has 0 saturated carbocycles. The Bertz CT molecular complexity index is 686. The highest BCUT2D eigenvalue weighted by atomic mass is 32.1. The average Bonchev–Trinajstić information content (AvgIpc) is 3.21. The maximum absolute atomic E-state index is 13.0. The van der Waals surface area contributed by atoms with Crippen molar-refractivity contribution in [2.45, 2.75) is 51.3 Å². The van der Waals surface area contributed by atoms with Crippen LogP contribution in [0.1, 0.15) is 53.0 Å². The van der Waals surface area contributed by atoms with Gasteiger partial charge in [-0.05, 0) is 6.92 Å². The summed E-state index contributed by atoms with van der Waals surface area (Å²) < 4.78 is 5.95. The van der Waals surface area contributed by atoms with E-state index in [9.17, 15) is 9.59 Å². The van der Waals surface area contributed by atoms with Gasteiger partial charge in [0.1, 0.15) is 4.88 Å². The number of amides is 2. The van der Waals surface area contributed by atoms with Gasteiger partial charge < -0.3 is 14.5 Å². The second-order valence-corrected chi connectivity index (χ2v) is 7.86. The number of thiazole rings is 1. The van der Waals surface area contributed by atoms with Gasteiger partial charge in [-0.2, -0.15) is 0 Å². The summed E-state index contributed by atoms with van der Waals surface area (Å²) in [6, 6.07) is -0.158. The Kier molecular flexibility index (Phi) is 3.29. The fourth-order valence-corrected chi connectivity index (χ4v) is 5.05. The van der Waals surface area contributed by atoms with Crippen LogP contribution in [0.15, 0.2) is 0 Å². The van der Waals surface area contributed by atoms with E-state index in [4.69, 9.17) is 4.74 Å². The Morgan fingerprint density at radius 1 is 1.43 bits per heavy atom. The third kappa shape index (κ3) is 1.99. The van der Waals surface area contributed by atoms with Crippen LogP contribution in [-0.2, 0) is 9.53 Å². The lowest BCUT2D eigenvalue weighted by Crippen LogP contribution is -2.48. The molecule has 0 bridgehead atoms. The first-order chi connectivity index (χ1) is 10.9. The zero-order chi connectivity index (χ0) is 16.4. The van der Waals surface area contributed by atoms with Crippen molar-refractivity contribution in [1.29, 1.82) is 0 Å². The third-order valence-corrected chi connectivity index (χ3v) is 6.61. The molecule has 0 radical (unpaired) electrons. The van der Waals surface area contributed by atoms with Gasteiger partial charge in [0, 0.05) is 25.4 Å². The molecule has 4 heterocycles. The van der Waals surface area contributed by atoms with E-state index in [1.165, 1.54) is 11.3 Å². The summed E-state index contributed by atoms with van der Waals surface area (Å²) in [5, 5.41) is 0.987. The van der Waals surface area contributed by atoms with Crippen LogP contribution in [0.2, 0.25) is 0 Å². The summed E-state index contributed by atoms with van der Waals surface area (Å²) in [6.07, 6.45) is 1.09. The number of likely N-dealkylation sites (tertiary alicyclic amines) is 1. The lowest BCUT2D eigenvalue weighted by molar-refractivity contribution is -0.136. The number of aromatic nitrogens is 1. The van der Waals surface area contributed by atoms with Crippen molar-refractivity contribution in [3.63, 3.8) is 0 Å². The summed E-state index contributed by atoms with van der Waals surface area (Å²) in [6.45, 7) is 7.91. The Morgan fingerprint density at radius 3 is 2.91 bits per heavy atom. The van der Waals surface area contributed by atoms with Crippen molar-refractivity contribution in [1.82, 2.24) is 14.8 Å². The van der Waals surface area contributed by atoms with Crippen LogP contribution >= 0.6 is 11.3 Å². The van der Waals surface area contributed by atoms with Crippen molar-refractivity contribution in [2.24, 2.45) is 0 Å². The summed E-state index contributed by atoms with van der Waals surface area (Å²) in [7, 11) is 0. The Morgan fingerprint density at radius 2 is 2.22 bits per heavy atom. The largest absolute Gasteiger partial charge is 0.351 e. The van der Waals surface area contributed by atoms with Crippen LogP contribution < -0.4 is 0 Å². The first-order valence-electron chi connectivity index (χ1n) is 8.17. The SMILES string of the molecule is Cc1nc(C(C)C)sc1C(=O)N1CC[C@@]23OCCN2C(=O)C[C@@H]13. The van der Waals surface area contributed by atoms with Crippen molar-refractivity contribution in [2.75, 3.05) is 19.7 Å². The van der Waals surface area contributed by atoms with Crippen LogP contribution in [0.5, 0.6) is 0 Å². The molecule has 1 aromatic heterocycles. The number of carbonyl (C=O) groups is 2. The topological polar surface area (TPSA) is 62.7 Å². The van der Waals surface area contributed by atoms with Crippen LogP contribution in [0, 0.1) is 6.92 Å². The van der Waals surface area contributed by atoms with Crippen molar-refractivity contribution >= 4 is 23.2 Å². The molecule has 2 atom stereocenters. The molecule has 4 rings (SSSR count). The third-order valence-electron chi connectivity index (χ3n) is 5.16. The number of ether oxygens (including phenoxy) is 1. The van der Waals surface area contributed by atoms with Crippen LogP contribution in [0.3, 0.4) is 0 Å². The van der Waals surface area contributed by atoms with Gasteiger partial charge in [0.25, 0.3) is 5.91 Å². The number of hydrogen-bond donors (Lipinski definition) is 0. The first kappa shape index (κ1) is 15.1. The molecule has 3 aliphatic rings. The Balaban J connectivity index is 1.64. The van der Waals surface area contributed by atoms with Gasteiger partial charge >= 0.3 is 0 Å². The summed E-state index contributed by atoms with van der Waals surface area (Å²) in [5.41, 5.74) is 0.227. The predicted octanol–water partition coefficient (Wildman–Crippen LogP) is 1.75. The summed E-state index contributed by atoms with van der Waals surface area (Å²) in [4.78, 5) is 34.2. The van der Waals surface area contributed by atoms with Gasteiger partial charge in [0.15, 0.2) is 5.72 Å². The van der Waals surface area contributed by atoms with E-state index in [0.717, 1.165) is 10.7 Å². The molecule has 2 amide bonds. The van der Waals surface area contributed by atoms with Gasteiger partial charge in [-0.3, -0.25) is 9.59 Å². The van der Waals surface area contributed by atoms with Crippen LogP contribution in [0.25, 0.3) is 0 Å². The minimum atomic E-state index is -0.563. The molecule has 1 aromatic rings. The molecule has 124 valence electrons. The molecule has 6 nitrogen and oxygen atoms in total. The highest BCUT2D eigenvalue weighted by Crippen LogP contribution is 2.46. The molecule has 3 fully saturated rings. The minimum absolute atomic E-state index is 0.000995. The molecule has 3 saturated heterocycles. The zero-order valence-electron chi connectivity index (χ0n) is 13.7. The number of nitrogens with zero attached hydrogens (tertiary/aromatic N) is 3. The van der Waals surface area contributed by atoms with Gasteiger partial charge in [-0.15, -0.1) is 11.3 Å². The molecule has 7 heteroatoms. The molecule has 1 spiro atoms. The Labute approximate surface area is 139 Å². The highest BCUT2D eigenvalue weighted by molar-refractivity contribution is 7.13. The van der Waals surface area contributed by atoms with Gasteiger partial charge in [0.2, 0.25) is 5.91 Å². The molecular weight excluding hydrogens is 314 g/mol. The summed E-state index contributed by atoms with van der Waals surface area (Å²) >= 11 is 1.48. The van der Waals surface area contributed by atoms with E-state index in [1.54, 1.807) is 0 Å². The number of hydrogen-bond acceptors (Lipinski definition) is 5. The van der Waals surface area contributed by atoms with Gasteiger partial charge in [-0.1, -0.05) is 13.8 Å². The van der Waals surface area contributed by atoms with Crippen LogP contribution in [-0.4, -0.2) is 58.1 Å².